The smallest absolute Gasteiger partial charge is 0.170 e. The largest absolute Gasteiger partial charge is 0.493 e. The summed E-state index contributed by atoms with van der Waals surface area (Å²) in [6.45, 7) is 6.85. The molecule has 0 bridgehead atoms. The van der Waals surface area contributed by atoms with Crippen molar-refractivity contribution in [1.82, 2.24) is 15.4 Å². The zero-order valence-electron chi connectivity index (χ0n) is 16.0. The van der Waals surface area contributed by atoms with Crippen molar-refractivity contribution < 1.29 is 9.26 Å². The minimum Gasteiger partial charge on any atom is -0.493 e. The van der Waals surface area contributed by atoms with Gasteiger partial charge in [-0.3, -0.25) is 0 Å². The molecule has 4 rings (SSSR count). The highest BCUT2D eigenvalue weighted by Gasteiger charge is 2.20. The molecule has 1 aromatic carbocycles. The van der Waals surface area contributed by atoms with Crippen molar-refractivity contribution in [1.29, 1.82) is 0 Å². The summed E-state index contributed by atoms with van der Waals surface area (Å²) in [4.78, 5) is 2.33. The molecule has 1 saturated heterocycles. The van der Waals surface area contributed by atoms with Crippen molar-refractivity contribution in [2.24, 2.45) is 5.92 Å². The number of fused-ring (bicyclic) bond motifs is 1. The zero-order chi connectivity index (χ0) is 18.6. The Morgan fingerprint density at radius 2 is 2.00 bits per heavy atom. The lowest BCUT2D eigenvalue weighted by Crippen LogP contribution is -2.34. The van der Waals surface area contributed by atoms with Gasteiger partial charge >= 0.3 is 0 Å². The van der Waals surface area contributed by atoms with Crippen molar-refractivity contribution in [3.63, 3.8) is 0 Å². The Balaban J connectivity index is 1.25. The Kier molecular flexibility index (Phi) is 5.23. The third kappa shape index (κ3) is 4.04. The molecule has 27 heavy (non-hydrogen) atoms. The quantitative estimate of drug-likeness (QED) is 0.652. The molecule has 3 aromatic rings. The SMILES string of the molecule is CCc1noc2cc(OCCC3CCN(c4ccc(C)nn4)CC3)ccc12. The van der Waals surface area contributed by atoms with Crippen LogP contribution in [0, 0.1) is 12.8 Å². The molecular formula is C21H26N4O2. The molecule has 0 amide bonds. The van der Waals surface area contributed by atoms with E-state index < -0.39 is 0 Å². The molecule has 1 aliphatic heterocycles. The Morgan fingerprint density at radius 3 is 2.74 bits per heavy atom. The molecule has 2 aromatic heterocycles. The minimum absolute atomic E-state index is 0.695. The van der Waals surface area contributed by atoms with Gasteiger partial charge in [-0.15, -0.1) is 5.10 Å². The van der Waals surface area contributed by atoms with E-state index in [2.05, 4.69) is 33.2 Å². The molecule has 6 heteroatoms. The van der Waals surface area contributed by atoms with Crippen LogP contribution in [0.4, 0.5) is 5.82 Å². The number of rotatable bonds is 6. The third-order valence-electron chi connectivity index (χ3n) is 5.37. The average molecular weight is 366 g/mol. The van der Waals surface area contributed by atoms with Gasteiger partial charge in [0.25, 0.3) is 0 Å². The predicted molar refractivity (Wildman–Crippen MR) is 105 cm³/mol. The molecule has 0 N–H and O–H groups in total. The lowest BCUT2D eigenvalue weighted by Gasteiger charge is -2.32. The maximum atomic E-state index is 5.96. The highest BCUT2D eigenvalue weighted by atomic mass is 16.5. The highest BCUT2D eigenvalue weighted by Crippen LogP contribution is 2.26. The molecule has 6 nitrogen and oxygen atoms in total. The van der Waals surface area contributed by atoms with Crippen LogP contribution in [0.5, 0.6) is 5.75 Å². The molecule has 3 heterocycles. The second-order valence-electron chi connectivity index (χ2n) is 7.24. The molecule has 0 radical (unpaired) electrons. The molecule has 1 aliphatic rings. The molecule has 0 unspecified atom stereocenters. The maximum Gasteiger partial charge on any atom is 0.170 e. The van der Waals surface area contributed by atoms with Gasteiger partial charge in [0.05, 0.1) is 18.0 Å². The van der Waals surface area contributed by atoms with Gasteiger partial charge in [0.15, 0.2) is 11.4 Å². The average Bonchev–Trinajstić information content (AvgIpc) is 3.11. The van der Waals surface area contributed by atoms with E-state index in [9.17, 15) is 0 Å². The van der Waals surface area contributed by atoms with Gasteiger partial charge in [-0.1, -0.05) is 12.1 Å². The van der Waals surface area contributed by atoms with Crippen LogP contribution in [0.15, 0.2) is 34.9 Å². The van der Waals surface area contributed by atoms with Crippen LogP contribution in [0.1, 0.15) is 37.6 Å². The van der Waals surface area contributed by atoms with Crippen LogP contribution in [0.25, 0.3) is 11.0 Å². The van der Waals surface area contributed by atoms with Crippen molar-refractivity contribution >= 4 is 16.8 Å². The summed E-state index contributed by atoms with van der Waals surface area (Å²) in [5.41, 5.74) is 2.76. The third-order valence-corrected chi connectivity index (χ3v) is 5.37. The zero-order valence-corrected chi connectivity index (χ0v) is 16.0. The first-order valence-electron chi connectivity index (χ1n) is 9.79. The highest BCUT2D eigenvalue weighted by molar-refractivity contribution is 5.80. The predicted octanol–water partition coefficient (Wildman–Crippen LogP) is 4.17. The summed E-state index contributed by atoms with van der Waals surface area (Å²) in [5.74, 6) is 2.54. The van der Waals surface area contributed by atoms with Crippen LogP contribution in [0.2, 0.25) is 0 Å². The number of hydrogen-bond donors (Lipinski definition) is 0. The lowest BCUT2D eigenvalue weighted by atomic mass is 9.94. The Hall–Kier alpha value is -2.63. The molecule has 142 valence electrons. The standard InChI is InChI=1S/C21H26N4O2/c1-3-19-18-6-5-17(14-20(18)27-24-19)26-13-10-16-8-11-25(12-9-16)21-7-4-15(2)22-23-21/h4-7,14,16H,3,8-13H2,1-2H3. The van der Waals surface area contributed by atoms with Gasteiger partial charge in [-0.25, -0.2) is 0 Å². The fourth-order valence-electron chi connectivity index (χ4n) is 3.67. The van der Waals surface area contributed by atoms with Gasteiger partial charge in [0.2, 0.25) is 0 Å². The van der Waals surface area contributed by atoms with Crippen LogP contribution in [-0.2, 0) is 6.42 Å². The number of benzene rings is 1. The Labute approximate surface area is 159 Å². The van der Waals surface area contributed by atoms with E-state index in [1.54, 1.807) is 0 Å². The fraction of sp³-hybridized carbons (Fsp3) is 0.476. The summed E-state index contributed by atoms with van der Waals surface area (Å²) in [7, 11) is 0. The Morgan fingerprint density at radius 1 is 1.15 bits per heavy atom. The minimum atomic E-state index is 0.695. The number of nitrogens with zero attached hydrogens (tertiary/aromatic N) is 4. The first kappa shape index (κ1) is 17.8. The topological polar surface area (TPSA) is 64.3 Å². The number of aryl methyl sites for hydroxylation is 2. The van der Waals surface area contributed by atoms with Gasteiger partial charge in [-0.2, -0.15) is 5.10 Å². The van der Waals surface area contributed by atoms with Crippen LogP contribution in [-0.4, -0.2) is 35.1 Å². The number of hydrogen-bond acceptors (Lipinski definition) is 6. The molecule has 0 spiro atoms. The van der Waals surface area contributed by atoms with Crippen LogP contribution >= 0.6 is 0 Å². The number of anilines is 1. The summed E-state index contributed by atoms with van der Waals surface area (Å²) in [6, 6.07) is 10.1. The second kappa shape index (κ2) is 7.94. The van der Waals surface area contributed by atoms with Gasteiger partial charge in [0, 0.05) is 24.5 Å². The molecule has 0 aliphatic carbocycles. The van der Waals surface area contributed by atoms with E-state index in [1.165, 1.54) is 12.8 Å². The van der Waals surface area contributed by atoms with Gasteiger partial charge < -0.3 is 14.2 Å². The van der Waals surface area contributed by atoms with E-state index in [1.807, 2.05) is 31.2 Å². The van der Waals surface area contributed by atoms with E-state index in [0.717, 1.165) is 66.5 Å². The molecule has 0 atom stereocenters. The second-order valence-corrected chi connectivity index (χ2v) is 7.24. The van der Waals surface area contributed by atoms with Crippen molar-refractivity contribution in [2.45, 2.75) is 39.5 Å². The number of aromatic nitrogens is 3. The van der Waals surface area contributed by atoms with Gasteiger partial charge in [-0.05, 0) is 62.8 Å². The van der Waals surface area contributed by atoms with E-state index >= 15 is 0 Å². The number of ether oxygens (including phenoxy) is 1. The normalized spacial score (nSPS) is 15.4. The Bertz CT molecular complexity index is 883. The van der Waals surface area contributed by atoms with Crippen molar-refractivity contribution in [2.75, 3.05) is 24.6 Å². The van der Waals surface area contributed by atoms with E-state index in [4.69, 9.17) is 9.26 Å². The summed E-state index contributed by atoms with van der Waals surface area (Å²) >= 11 is 0. The van der Waals surface area contributed by atoms with Crippen LogP contribution < -0.4 is 9.64 Å². The summed E-state index contributed by atoms with van der Waals surface area (Å²) in [5, 5.41) is 13.6. The summed E-state index contributed by atoms with van der Waals surface area (Å²) in [6.07, 6.45) is 4.28. The molecule has 0 saturated carbocycles. The van der Waals surface area contributed by atoms with Crippen molar-refractivity contribution in [3.8, 4) is 5.75 Å². The summed E-state index contributed by atoms with van der Waals surface area (Å²) < 4.78 is 11.4. The first-order valence-corrected chi connectivity index (χ1v) is 9.79. The molecule has 1 fully saturated rings. The first-order chi connectivity index (χ1) is 13.2. The van der Waals surface area contributed by atoms with E-state index in [-0.39, 0.29) is 0 Å². The fourth-order valence-corrected chi connectivity index (χ4v) is 3.67. The maximum absolute atomic E-state index is 5.96. The van der Waals surface area contributed by atoms with Crippen LogP contribution in [0.3, 0.4) is 0 Å². The lowest BCUT2D eigenvalue weighted by molar-refractivity contribution is 0.258. The van der Waals surface area contributed by atoms with Gasteiger partial charge in [0.1, 0.15) is 5.75 Å². The molecular weight excluding hydrogens is 340 g/mol. The number of piperidine rings is 1. The van der Waals surface area contributed by atoms with Crippen molar-refractivity contribution in [3.05, 3.63) is 41.7 Å². The van der Waals surface area contributed by atoms with E-state index in [0.29, 0.717) is 5.92 Å². The monoisotopic (exact) mass is 366 g/mol.